The minimum atomic E-state index is -0.318. The summed E-state index contributed by atoms with van der Waals surface area (Å²) in [7, 11) is 0. The minimum absolute atomic E-state index is 0.100. The van der Waals surface area contributed by atoms with Crippen LogP contribution in [0.2, 0.25) is 0 Å². The monoisotopic (exact) mass is 234 g/mol. The van der Waals surface area contributed by atoms with E-state index in [0.717, 1.165) is 18.4 Å². The Morgan fingerprint density at radius 1 is 1.12 bits per heavy atom. The summed E-state index contributed by atoms with van der Waals surface area (Å²) in [6.07, 6.45) is 5.97. The third-order valence-corrected chi connectivity index (χ3v) is 3.02. The number of carbonyl (C=O) groups excluding carboxylic acids is 1. The first-order valence-electron chi connectivity index (χ1n) is 6.24. The van der Waals surface area contributed by atoms with Gasteiger partial charge in [0.15, 0.2) is 0 Å². The van der Waals surface area contributed by atoms with Crippen LogP contribution >= 0.6 is 0 Å². The molecule has 1 aromatic rings. The fourth-order valence-corrected chi connectivity index (χ4v) is 2.08. The first-order valence-corrected chi connectivity index (χ1v) is 6.24. The van der Waals surface area contributed by atoms with E-state index in [4.69, 9.17) is 9.78 Å². The van der Waals surface area contributed by atoms with E-state index in [-0.39, 0.29) is 18.5 Å². The van der Waals surface area contributed by atoms with Gasteiger partial charge in [-0.1, -0.05) is 49.6 Å². The predicted octanol–water partition coefficient (Wildman–Crippen LogP) is 3.04. The van der Waals surface area contributed by atoms with E-state index >= 15 is 0 Å². The van der Waals surface area contributed by atoms with Crippen molar-refractivity contribution in [2.24, 2.45) is 0 Å². The fraction of sp³-hybridized carbons (Fsp3) is 0.500. The highest BCUT2D eigenvalue weighted by Crippen LogP contribution is 2.20. The van der Waals surface area contributed by atoms with Gasteiger partial charge in [-0.05, 0) is 18.4 Å². The molecule has 0 N–H and O–H groups in total. The molecule has 17 heavy (non-hydrogen) atoms. The average Bonchev–Trinajstić information content (AvgIpc) is 2.39. The lowest BCUT2D eigenvalue weighted by molar-refractivity contribution is -0.301. The van der Waals surface area contributed by atoms with Crippen molar-refractivity contribution in [2.75, 3.05) is 0 Å². The zero-order valence-corrected chi connectivity index (χ0v) is 9.93. The van der Waals surface area contributed by atoms with Gasteiger partial charge in [0, 0.05) is 0 Å². The summed E-state index contributed by atoms with van der Waals surface area (Å²) in [6, 6.07) is 9.55. The van der Waals surface area contributed by atoms with Crippen molar-refractivity contribution in [1.29, 1.82) is 0 Å². The molecular weight excluding hydrogens is 216 g/mol. The van der Waals surface area contributed by atoms with Crippen LogP contribution in [0.4, 0.5) is 0 Å². The van der Waals surface area contributed by atoms with Gasteiger partial charge in [0.2, 0.25) is 0 Å². The Balaban J connectivity index is 1.70. The molecule has 0 bridgehead atoms. The van der Waals surface area contributed by atoms with Gasteiger partial charge in [-0.15, -0.1) is 0 Å². The molecule has 92 valence electrons. The second-order valence-electron chi connectivity index (χ2n) is 4.47. The van der Waals surface area contributed by atoms with Crippen LogP contribution in [0.1, 0.15) is 37.7 Å². The Labute approximate surface area is 102 Å². The largest absolute Gasteiger partial charge is 0.346 e. The van der Waals surface area contributed by atoms with E-state index in [2.05, 4.69) is 0 Å². The van der Waals surface area contributed by atoms with Crippen LogP contribution in [-0.4, -0.2) is 12.1 Å². The summed E-state index contributed by atoms with van der Waals surface area (Å²) < 4.78 is 0. The molecule has 1 saturated carbocycles. The maximum absolute atomic E-state index is 11.5. The lowest BCUT2D eigenvalue weighted by atomic mass is 9.98. The molecule has 0 amide bonds. The van der Waals surface area contributed by atoms with Gasteiger partial charge < -0.3 is 0 Å². The van der Waals surface area contributed by atoms with Crippen molar-refractivity contribution in [3.05, 3.63) is 35.9 Å². The van der Waals surface area contributed by atoms with Crippen LogP contribution in [0.25, 0.3) is 0 Å². The topological polar surface area (TPSA) is 35.5 Å². The molecule has 0 unspecified atom stereocenters. The molecule has 0 atom stereocenters. The van der Waals surface area contributed by atoms with Crippen molar-refractivity contribution in [3.63, 3.8) is 0 Å². The maximum atomic E-state index is 11.5. The quantitative estimate of drug-likeness (QED) is 0.593. The van der Waals surface area contributed by atoms with Crippen LogP contribution in [0.15, 0.2) is 30.3 Å². The smallest absolute Gasteiger partial charge is 0.298 e. The molecular formula is C14H18O3. The van der Waals surface area contributed by atoms with Gasteiger partial charge in [0.1, 0.15) is 6.10 Å². The Kier molecular flexibility index (Phi) is 4.56. The molecule has 1 aromatic carbocycles. The molecule has 0 aromatic heterocycles. The summed E-state index contributed by atoms with van der Waals surface area (Å²) in [6.45, 7) is 0. The molecule has 1 aliphatic rings. The van der Waals surface area contributed by atoms with Crippen molar-refractivity contribution in [2.45, 2.75) is 44.6 Å². The molecule has 0 saturated heterocycles. The predicted molar refractivity (Wildman–Crippen MR) is 64.2 cm³/mol. The number of benzene rings is 1. The number of hydrogen-bond donors (Lipinski definition) is 0. The van der Waals surface area contributed by atoms with Gasteiger partial charge >= 0.3 is 5.97 Å². The van der Waals surface area contributed by atoms with E-state index in [9.17, 15) is 4.79 Å². The highest BCUT2D eigenvalue weighted by atomic mass is 17.2. The molecule has 1 fully saturated rings. The van der Waals surface area contributed by atoms with Crippen molar-refractivity contribution < 1.29 is 14.6 Å². The molecule has 3 nitrogen and oxygen atoms in total. The summed E-state index contributed by atoms with van der Waals surface area (Å²) in [4.78, 5) is 21.5. The van der Waals surface area contributed by atoms with E-state index in [1.807, 2.05) is 30.3 Å². The van der Waals surface area contributed by atoms with E-state index in [1.165, 1.54) is 19.3 Å². The zero-order valence-electron chi connectivity index (χ0n) is 9.93. The molecule has 2 rings (SSSR count). The van der Waals surface area contributed by atoms with E-state index in [0.29, 0.717) is 0 Å². The molecule has 3 heteroatoms. The first-order chi connectivity index (χ1) is 8.34. The highest BCUT2D eigenvalue weighted by molar-refractivity contribution is 5.71. The summed E-state index contributed by atoms with van der Waals surface area (Å²) in [5.41, 5.74) is 0.949. The van der Waals surface area contributed by atoms with Crippen LogP contribution in [-0.2, 0) is 21.0 Å². The normalized spacial score (nSPS) is 16.7. The van der Waals surface area contributed by atoms with Gasteiger partial charge in [-0.25, -0.2) is 4.79 Å². The van der Waals surface area contributed by atoms with Crippen molar-refractivity contribution in [1.82, 2.24) is 0 Å². The van der Waals surface area contributed by atoms with Crippen molar-refractivity contribution in [3.8, 4) is 0 Å². The van der Waals surface area contributed by atoms with Crippen LogP contribution in [0, 0.1) is 0 Å². The summed E-state index contributed by atoms with van der Waals surface area (Å²) >= 11 is 0. The van der Waals surface area contributed by atoms with Gasteiger partial charge in [-0.3, -0.25) is 4.89 Å². The first kappa shape index (κ1) is 12.1. The third-order valence-electron chi connectivity index (χ3n) is 3.02. The standard InChI is InChI=1S/C14H18O3/c15-14(11-12-7-3-1-4-8-12)17-16-13-9-5-2-6-10-13/h1,3-4,7-8,13H,2,5-6,9-11H2. The zero-order chi connectivity index (χ0) is 11.9. The second-order valence-corrected chi connectivity index (χ2v) is 4.47. The van der Waals surface area contributed by atoms with Gasteiger partial charge in [-0.2, -0.15) is 4.89 Å². The molecule has 0 spiro atoms. The van der Waals surface area contributed by atoms with Crippen molar-refractivity contribution >= 4 is 5.97 Å². The summed E-state index contributed by atoms with van der Waals surface area (Å²) in [5.74, 6) is -0.318. The number of carbonyl (C=O) groups is 1. The summed E-state index contributed by atoms with van der Waals surface area (Å²) in [5, 5.41) is 0. The van der Waals surface area contributed by atoms with E-state index < -0.39 is 0 Å². The highest BCUT2D eigenvalue weighted by Gasteiger charge is 2.16. The van der Waals surface area contributed by atoms with Crippen LogP contribution in [0.3, 0.4) is 0 Å². The van der Waals surface area contributed by atoms with Crippen LogP contribution in [0.5, 0.6) is 0 Å². The Morgan fingerprint density at radius 2 is 1.82 bits per heavy atom. The molecule has 1 aliphatic carbocycles. The average molecular weight is 234 g/mol. The Morgan fingerprint density at radius 3 is 2.53 bits per heavy atom. The lowest BCUT2D eigenvalue weighted by Gasteiger charge is -2.19. The third kappa shape index (κ3) is 4.19. The second kappa shape index (κ2) is 6.40. The fourth-order valence-electron chi connectivity index (χ4n) is 2.08. The lowest BCUT2D eigenvalue weighted by Crippen LogP contribution is -2.20. The van der Waals surface area contributed by atoms with Gasteiger partial charge in [0.25, 0.3) is 0 Å². The van der Waals surface area contributed by atoms with E-state index in [1.54, 1.807) is 0 Å². The Bertz CT molecular complexity index is 342. The number of rotatable bonds is 4. The molecule has 0 radical (unpaired) electrons. The van der Waals surface area contributed by atoms with Crippen LogP contribution < -0.4 is 0 Å². The van der Waals surface area contributed by atoms with Gasteiger partial charge in [0.05, 0.1) is 6.42 Å². The Hall–Kier alpha value is -1.35. The molecule has 0 aliphatic heterocycles. The molecule has 0 heterocycles. The SMILES string of the molecule is O=C(Cc1ccccc1)OOC1CCCCC1. The maximum Gasteiger partial charge on any atom is 0.346 e. The number of hydrogen-bond acceptors (Lipinski definition) is 3. The minimum Gasteiger partial charge on any atom is -0.298 e.